The molecule has 0 radical (unpaired) electrons. The zero-order valence-electron chi connectivity index (χ0n) is 12.3. The summed E-state index contributed by atoms with van der Waals surface area (Å²) in [4.78, 5) is 24.1. The number of carbonyl (C=O) groups is 1. The lowest BCUT2D eigenvalue weighted by atomic mass is 10.2. The minimum atomic E-state index is -0.784. The largest absolute Gasteiger partial charge is 0.480 e. The Hall–Kier alpha value is -2.47. The molecule has 0 bridgehead atoms. The zero-order valence-corrected chi connectivity index (χ0v) is 13.2. The second kappa shape index (κ2) is 5.62. The predicted octanol–water partition coefficient (Wildman–Crippen LogP) is 3.41. The van der Waals surface area contributed by atoms with Gasteiger partial charge in [-0.15, -0.1) is 11.3 Å². The fourth-order valence-corrected chi connectivity index (χ4v) is 4.09. The molecule has 5 nitrogen and oxygen atoms in total. The maximum absolute atomic E-state index is 11.5. The van der Waals surface area contributed by atoms with E-state index in [-0.39, 0.29) is 0 Å². The van der Waals surface area contributed by atoms with Crippen LogP contribution >= 0.6 is 11.3 Å². The minimum absolute atomic E-state index is 0.492. The molecule has 1 fully saturated rings. The van der Waals surface area contributed by atoms with Crippen molar-refractivity contribution in [2.45, 2.75) is 18.9 Å². The third-order valence-electron chi connectivity index (χ3n) is 4.18. The molecule has 3 heterocycles. The maximum atomic E-state index is 11.5. The van der Waals surface area contributed by atoms with Crippen LogP contribution in [-0.4, -0.2) is 33.6 Å². The van der Waals surface area contributed by atoms with Crippen molar-refractivity contribution in [1.29, 1.82) is 0 Å². The molecule has 1 aromatic carbocycles. The SMILES string of the molecule is O=C(O)[C@H]1CCCN1c1ncnc2sc(-c3ccccc3)cc12. The molecule has 3 aromatic rings. The number of benzene rings is 1. The Kier molecular flexibility index (Phi) is 3.46. The van der Waals surface area contributed by atoms with Gasteiger partial charge in [0.05, 0.1) is 5.39 Å². The van der Waals surface area contributed by atoms with Gasteiger partial charge in [0.15, 0.2) is 0 Å². The minimum Gasteiger partial charge on any atom is -0.480 e. The molecule has 116 valence electrons. The fraction of sp³-hybridized carbons (Fsp3) is 0.235. The fourth-order valence-electron chi connectivity index (χ4n) is 3.09. The Morgan fingerprint density at radius 3 is 2.87 bits per heavy atom. The number of hydrogen-bond donors (Lipinski definition) is 1. The summed E-state index contributed by atoms with van der Waals surface area (Å²) in [5.41, 5.74) is 1.14. The number of aliphatic carboxylic acids is 1. The molecule has 23 heavy (non-hydrogen) atoms. The lowest BCUT2D eigenvalue weighted by Crippen LogP contribution is -2.36. The second-order valence-corrected chi connectivity index (χ2v) is 6.61. The monoisotopic (exact) mass is 325 g/mol. The van der Waals surface area contributed by atoms with Gasteiger partial charge in [-0.25, -0.2) is 14.8 Å². The van der Waals surface area contributed by atoms with Crippen LogP contribution in [0.4, 0.5) is 5.82 Å². The Bertz CT molecular complexity index is 863. The number of anilines is 1. The van der Waals surface area contributed by atoms with E-state index in [1.807, 2.05) is 23.1 Å². The Morgan fingerprint density at radius 1 is 1.26 bits per heavy atom. The highest BCUT2D eigenvalue weighted by Gasteiger charge is 2.32. The van der Waals surface area contributed by atoms with Crippen LogP contribution in [0.3, 0.4) is 0 Å². The van der Waals surface area contributed by atoms with Crippen LogP contribution in [0.15, 0.2) is 42.7 Å². The van der Waals surface area contributed by atoms with Crippen LogP contribution in [0, 0.1) is 0 Å². The van der Waals surface area contributed by atoms with Crippen LogP contribution in [0.2, 0.25) is 0 Å². The van der Waals surface area contributed by atoms with Crippen LogP contribution in [0.25, 0.3) is 20.7 Å². The molecule has 0 aliphatic carbocycles. The molecule has 1 aliphatic heterocycles. The van der Waals surface area contributed by atoms with Crippen molar-refractivity contribution in [2.75, 3.05) is 11.4 Å². The first-order chi connectivity index (χ1) is 11.2. The third-order valence-corrected chi connectivity index (χ3v) is 5.27. The molecule has 6 heteroatoms. The number of fused-ring (bicyclic) bond motifs is 1. The molecule has 0 saturated carbocycles. The number of hydrogen-bond acceptors (Lipinski definition) is 5. The van der Waals surface area contributed by atoms with Gasteiger partial charge in [-0.05, 0) is 24.5 Å². The summed E-state index contributed by atoms with van der Waals surface area (Å²) in [7, 11) is 0. The normalized spacial score (nSPS) is 17.7. The molecule has 0 spiro atoms. The van der Waals surface area contributed by atoms with E-state index in [2.05, 4.69) is 28.2 Å². The van der Waals surface area contributed by atoms with Gasteiger partial charge in [-0.1, -0.05) is 30.3 Å². The summed E-state index contributed by atoms with van der Waals surface area (Å²) in [6.45, 7) is 0.722. The summed E-state index contributed by atoms with van der Waals surface area (Å²) in [5.74, 6) is -0.0499. The van der Waals surface area contributed by atoms with Gasteiger partial charge < -0.3 is 10.0 Å². The average molecular weight is 325 g/mol. The van der Waals surface area contributed by atoms with Crippen LogP contribution < -0.4 is 4.90 Å². The van der Waals surface area contributed by atoms with Crippen molar-refractivity contribution in [2.24, 2.45) is 0 Å². The van der Waals surface area contributed by atoms with Crippen LogP contribution in [-0.2, 0) is 4.79 Å². The molecular formula is C17H15N3O2S. The number of carboxylic acid groups (broad SMARTS) is 1. The van der Waals surface area contributed by atoms with Crippen molar-refractivity contribution < 1.29 is 9.90 Å². The molecule has 0 unspecified atom stereocenters. The Morgan fingerprint density at radius 2 is 2.09 bits per heavy atom. The highest BCUT2D eigenvalue weighted by atomic mass is 32.1. The number of rotatable bonds is 3. The summed E-state index contributed by atoms with van der Waals surface area (Å²) in [6, 6.07) is 11.7. The highest BCUT2D eigenvalue weighted by molar-refractivity contribution is 7.21. The summed E-state index contributed by atoms with van der Waals surface area (Å²) in [5, 5.41) is 10.4. The van der Waals surface area contributed by atoms with E-state index in [0.29, 0.717) is 6.42 Å². The number of nitrogens with zero attached hydrogens (tertiary/aromatic N) is 3. The maximum Gasteiger partial charge on any atom is 0.326 e. The lowest BCUT2D eigenvalue weighted by Gasteiger charge is -2.22. The highest BCUT2D eigenvalue weighted by Crippen LogP contribution is 2.37. The molecule has 0 amide bonds. The van der Waals surface area contributed by atoms with Gasteiger partial charge in [-0.2, -0.15) is 0 Å². The number of aromatic nitrogens is 2. The molecule has 2 aromatic heterocycles. The van der Waals surface area contributed by atoms with Crippen molar-refractivity contribution >= 4 is 33.3 Å². The molecule has 1 atom stereocenters. The molecule has 1 aliphatic rings. The van der Waals surface area contributed by atoms with Gasteiger partial charge in [0, 0.05) is 11.4 Å². The van der Waals surface area contributed by atoms with Crippen molar-refractivity contribution in [1.82, 2.24) is 9.97 Å². The number of thiophene rings is 1. The Labute approximate surface area is 137 Å². The van der Waals surface area contributed by atoms with Crippen LogP contribution in [0.1, 0.15) is 12.8 Å². The van der Waals surface area contributed by atoms with Crippen LogP contribution in [0.5, 0.6) is 0 Å². The first-order valence-corrected chi connectivity index (χ1v) is 8.35. The van der Waals surface area contributed by atoms with Gasteiger partial charge in [0.2, 0.25) is 0 Å². The van der Waals surface area contributed by atoms with E-state index in [0.717, 1.165) is 39.4 Å². The zero-order chi connectivity index (χ0) is 15.8. The van der Waals surface area contributed by atoms with E-state index in [1.165, 1.54) is 6.33 Å². The standard InChI is InChI=1S/C17H15N3O2S/c21-17(22)13-7-4-8-20(13)15-12-9-14(11-5-2-1-3-6-11)23-16(12)19-10-18-15/h1-3,5-6,9-10,13H,4,7-8H2,(H,21,22)/t13-/m1/s1. The molecular weight excluding hydrogens is 310 g/mol. The van der Waals surface area contributed by atoms with Gasteiger partial charge in [-0.3, -0.25) is 0 Å². The molecule has 4 rings (SSSR count). The summed E-state index contributed by atoms with van der Waals surface area (Å²) in [6.07, 6.45) is 3.06. The quantitative estimate of drug-likeness (QED) is 0.799. The lowest BCUT2D eigenvalue weighted by molar-refractivity contribution is -0.138. The van der Waals surface area contributed by atoms with Gasteiger partial charge in [0.1, 0.15) is 23.0 Å². The van der Waals surface area contributed by atoms with E-state index in [4.69, 9.17) is 0 Å². The second-order valence-electron chi connectivity index (χ2n) is 5.58. The van der Waals surface area contributed by atoms with Crippen molar-refractivity contribution in [3.63, 3.8) is 0 Å². The topological polar surface area (TPSA) is 66.3 Å². The third kappa shape index (κ3) is 2.45. The smallest absolute Gasteiger partial charge is 0.326 e. The van der Waals surface area contributed by atoms with E-state index >= 15 is 0 Å². The predicted molar refractivity (Wildman–Crippen MR) is 90.9 cm³/mol. The number of carboxylic acids is 1. The average Bonchev–Trinajstić information content (AvgIpc) is 3.22. The van der Waals surface area contributed by atoms with Crippen molar-refractivity contribution in [3.05, 3.63) is 42.7 Å². The van der Waals surface area contributed by atoms with E-state index in [1.54, 1.807) is 11.3 Å². The van der Waals surface area contributed by atoms with E-state index in [9.17, 15) is 9.90 Å². The summed E-state index contributed by atoms with van der Waals surface area (Å²) < 4.78 is 0. The first kappa shape index (κ1) is 14.1. The van der Waals surface area contributed by atoms with Gasteiger partial charge in [0.25, 0.3) is 0 Å². The van der Waals surface area contributed by atoms with Gasteiger partial charge >= 0.3 is 5.97 Å². The van der Waals surface area contributed by atoms with Crippen molar-refractivity contribution in [3.8, 4) is 10.4 Å². The molecule has 1 saturated heterocycles. The Balaban J connectivity index is 1.82. The summed E-state index contributed by atoms with van der Waals surface area (Å²) >= 11 is 1.61. The first-order valence-electron chi connectivity index (χ1n) is 7.53. The molecule has 1 N–H and O–H groups in total. The van der Waals surface area contributed by atoms with E-state index < -0.39 is 12.0 Å².